The van der Waals surface area contributed by atoms with E-state index in [9.17, 15) is 13.2 Å². The molecule has 1 aromatic carbocycles. The highest BCUT2D eigenvalue weighted by molar-refractivity contribution is 5.55. The monoisotopic (exact) mass is 200 g/mol. The number of nitrogens with one attached hydrogen (secondary N) is 1. The molecule has 1 aromatic heterocycles. The molecule has 0 atom stereocenters. The summed E-state index contributed by atoms with van der Waals surface area (Å²) in [6.07, 6.45) is 0. The van der Waals surface area contributed by atoms with Crippen LogP contribution in [0.5, 0.6) is 0 Å². The largest absolute Gasteiger partial charge is 0.210 e. The van der Waals surface area contributed by atoms with Gasteiger partial charge in [0, 0.05) is 12.1 Å². The minimum atomic E-state index is -1.07. The summed E-state index contributed by atoms with van der Waals surface area (Å²) in [4.78, 5) is 0. The predicted octanol–water partition coefficient (Wildman–Crippen LogP) is 1.28. The molecule has 0 aliphatic carbocycles. The van der Waals surface area contributed by atoms with Gasteiger partial charge in [0.1, 0.15) is 17.5 Å². The van der Waals surface area contributed by atoms with Gasteiger partial charge >= 0.3 is 0 Å². The third-order valence-corrected chi connectivity index (χ3v) is 1.58. The second-order valence-corrected chi connectivity index (χ2v) is 2.48. The number of aromatic amines is 1. The minimum Gasteiger partial charge on any atom is -0.207 e. The fraction of sp³-hybridized carbons (Fsp3) is 0. The molecule has 0 bridgehead atoms. The van der Waals surface area contributed by atoms with Crippen LogP contribution in [0.15, 0.2) is 12.1 Å². The standard InChI is InChI=1S/C7H3F3N4/c8-3-1-4(9)6(5(10)2-3)7-11-13-14-12-7/h1-2H,(H,11,12,13,14). The Bertz CT molecular complexity index is 431. The fourth-order valence-electron chi connectivity index (χ4n) is 1.02. The van der Waals surface area contributed by atoms with Crippen molar-refractivity contribution in [1.82, 2.24) is 20.6 Å². The summed E-state index contributed by atoms with van der Waals surface area (Å²) in [6, 6.07) is 1.10. The lowest BCUT2D eigenvalue weighted by atomic mass is 10.2. The van der Waals surface area contributed by atoms with E-state index in [2.05, 4.69) is 20.6 Å². The van der Waals surface area contributed by atoms with Crippen molar-refractivity contribution in [2.75, 3.05) is 0 Å². The first-order valence-electron chi connectivity index (χ1n) is 3.57. The number of aromatic nitrogens is 4. The first kappa shape index (κ1) is 8.67. The average molecular weight is 200 g/mol. The molecule has 0 aliphatic heterocycles. The molecule has 0 unspecified atom stereocenters. The zero-order valence-electron chi connectivity index (χ0n) is 6.63. The Labute approximate surface area is 75.8 Å². The number of tetrazole rings is 1. The van der Waals surface area contributed by atoms with Crippen LogP contribution in [0.4, 0.5) is 13.2 Å². The van der Waals surface area contributed by atoms with Crippen LogP contribution in [-0.2, 0) is 0 Å². The van der Waals surface area contributed by atoms with E-state index in [0.717, 1.165) is 0 Å². The Balaban J connectivity index is 2.64. The molecule has 0 saturated heterocycles. The third kappa shape index (κ3) is 1.32. The Morgan fingerprint density at radius 2 is 1.71 bits per heavy atom. The van der Waals surface area contributed by atoms with Gasteiger partial charge in [0.15, 0.2) is 0 Å². The second-order valence-electron chi connectivity index (χ2n) is 2.48. The van der Waals surface area contributed by atoms with Crippen molar-refractivity contribution < 1.29 is 13.2 Å². The number of hydrogen-bond donors (Lipinski definition) is 1. The highest BCUT2D eigenvalue weighted by Crippen LogP contribution is 2.22. The highest BCUT2D eigenvalue weighted by Gasteiger charge is 2.16. The Morgan fingerprint density at radius 1 is 1.07 bits per heavy atom. The number of nitrogens with zero attached hydrogens (tertiary/aromatic N) is 3. The van der Waals surface area contributed by atoms with Gasteiger partial charge in [-0.1, -0.05) is 0 Å². The first-order chi connectivity index (χ1) is 6.68. The Kier molecular flexibility index (Phi) is 1.91. The minimum absolute atomic E-state index is 0.250. The number of benzene rings is 1. The van der Waals surface area contributed by atoms with Gasteiger partial charge in [0.2, 0.25) is 5.82 Å². The number of H-pyrrole nitrogens is 1. The van der Waals surface area contributed by atoms with Gasteiger partial charge in [-0.2, -0.15) is 5.21 Å². The molecule has 0 aliphatic rings. The van der Waals surface area contributed by atoms with Crippen molar-refractivity contribution in [3.05, 3.63) is 29.6 Å². The van der Waals surface area contributed by atoms with Crippen molar-refractivity contribution in [2.24, 2.45) is 0 Å². The number of rotatable bonds is 1. The van der Waals surface area contributed by atoms with Crippen LogP contribution in [0.3, 0.4) is 0 Å². The normalized spacial score (nSPS) is 10.5. The topological polar surface area (TPSA) is 54.5 Å². The molecule has 0 amide bonds. The maximum atomic E-state index is 13.1. The van der Waals surface area contributed by atoms with Gasteiger partial charge < -0.3 is 0 Å². The van der Waals surface area contributed by atoms with Crippen LogP contribution in [0.2, 0.25) is 0 Å². The number of hydrogen-bond acceptors (Lipinski definition) is 3. The zero-order chi connectivity index (χ0) is 10.1. The van der Waals surface area contributed by atoms with Crippen molar-refractivity contribution in [3.8, 4) is 11.4 Å². The van der Waals surface area contributed by atoms with E-state index in [1.54, 1.807) is 0 Å². The van der Waals surface area contributed by atoms with Gasteiger partial charge in [-0.25, -0.2) is 13.2 Å². The SMILES string of the molecule is Fc1cc(F)c(-c2nn[nH]n2)c(F)c1. The summed E-state index contributed by atoms with van der Waals surface area (Å²) < 4.78 is 38.7. The van der Waals surface area contributed by atoms with Crippen molar-refractivity contribution in [1.29, 1.82) is 0 Å². The summed E-state index contributed by atoms with van der Waals surface area (Å²) >= 11 is 0. The van der Waals surface area contributed by atoms with Crippen LogP contribution in [-0.4, -0.2) is 20.6 Å². The van der Waals surface area contributed by atoms with Gasteiger partial charge in [-0.05, 0) is 5.21 Å². The van der Waals surface area contributed by atoms with Crippen LogP contribution in [0.25, 0.3) is 11.4 Å². The average Bonchev–Trinajstić information content (AvgIpc) is 2.54. The van der Waals surface area contributed by atoms with Crippen molar-refractivity contribution >= 4 is 0 Å². The van der Waals surface area contributed by atoms with E-state index >= 15 is 0 Å². The molecule has 2 aromatic rings. The maximum absolute atomic E-state index is 13.1. The number of halogens is 3. The van der Waals surface area contributed by atoms with Crippen LogP contribution < -0.4 is 0 Å². The molecular formula is C7H3F3N4. The lowest BCUT2D eigenvalue weighted by Crippen LogP contribution is -1.94. The third-order valence-electron chi connectivity index (χ3n) is 1.58. The van der Waals surface area contributed by atoms with Gasteiger partial charge in [0.25, 0.3) is 0 Å². The van der Waals surface area contributed by atoms with Crippen LogP contribution >= 0.6 is 0 Å². The van der Waals surface area contributed by atoms with Crippen molar-refractivity contribution in [2.45, 2.75) is 0 Å². The Hall–Kier alpha value is -1.92. The lowest BCUT2D eigenvalue weighted by molar-refractivity contribution is 0.546. The van der Waals surface area contributed by atoms with Crippen molar-refractivity contribution in [3.63, 3.8) is 0 Å². The molecule has 0 fully saturated rings. The molecule has 2 rings (SSSR count). The molecule has 14 heavy (non-hydrogen) atoms. The summed E-state index contributed by atoms with van der Waals surface area (Å²) in [6.45, 7) is 0. The summed E-state index contributed by atoms with van der Waals surface area (Å²) in [5.41, 5.74) is -0.500. The summed E-state index contributed by atoms with van der Waals surface area (Å²) in [5.74, 6) is -3.37. The van der Waals surface area contributed by atoms with Crippen LogP contribution in [0.1, 0.15) is 0 Å². The molecule has 1 heterocycles. The zero-order valence-corrected chi connectivity index (χ0v) is 6.63. The highest BCUT2D eigenvalue weighted by atomic mass is 19.1. The molecular weight excluding hydrogens is 197 g/mol. The first-order valence-corrected chi connectivity index (χ1v) is 3.57. The summed E-state index contributed by atoms with van der Waals surface area (Å²) in [5, 5.41) is 12.0. The van der Waals surface area contributed by atoms with E-state index in [-0.39, 0.29) is 5.82 Å². The molecule has 72 valence electrons. The van der Waals surface area contributed by atoms with E-state index in [4.69, 9.17) is 0 Å². The molecule has 4 nitrogen and oxygen atoms in total. The predicted molar refractivity (Wildman–Crippen MR) is 39.5 cm³/mol. The van der Waals surface area contributed by atoms with Crippen LogP contribution in [0, 0.1) is 17.5 Å². The quantitative estimate of drug-likeness (QED) is 0.754. The van der Waals surface area contributed by atoms with E-state index < -0.39 is 23.0 Å². The molecule has 7 heteroatoms. The van der Waals surface area contributed by atoms with E-state index in [1.807, 2.05) is 0 Å². The molecule has 1 N–H and O–H groups in total. The van der Waals surface area contributed by atoms with E-state index in [0.29, 0.717) is 12.1 Å². The smallest absolute Gasteiger partial charge is 0.207 e. The lowest BCUT2D eigenvalue weighted by Gasteiger charge is -1.99. The summed E-state index contributed by atoms with van der Waals surface area (Å²) in [7, 11) is 0. The fourth-order valence-corrected chi connectivity index (χ4v) is 1.02. The van der Waals surface area contributed by atoms with Gasteiger partial charge in [0.05, 0.1) is 5.56 Å². The van der Waals surface area contributed by atoms with E-state index in [1.165, 1.54) is 0 Å². The molecule has 0 radical (unpaired) electrons. The molecule has 0 spiro atoms. The Morgan fingerprint density at radius 3 is 2.21 bits per heavy atom. The second kappa shape index (κ2) is 3.09. The maximum Gasteiger partial charge on any atom is 0.210 e. The van der Waals surface area contributed by atoms with Gasteiger partial charge in [-0.3, -0.25) is 0 Å². The van der Waals surface area contributed by atoms with Gasteiger partial charge in [-0.15, -0.1) is 10.2 Å². The molecule has 0 saturated carbocycles.